The lowest BCUT2D eigenvalue weighted by Gasteiger charge is -2.12. The molecule has 1 amide bonds. The van der Waals surface area contributed by atoms with Crippen LogP contribution in [0.1, 0.15) is 33.6 Å². The van der Waals surface area contributed by atoms with Gasteiger partial charge in [0.2, 0.25) is 5.91 Å². The third-order valence-electron chi connectivity index (χ3n) is 2.33. The molecule has 18 heavy (non-hydrogen) atoms. The number of rotatable bonds is 11. The minimum absolute atomic E-state index is 0.0391. The summed E-state index contributed by atoms with van der Waals surface area (Å²) in [5, 5.41) is 15.3. The maximum atomic E-state index is 11.3. The van der Waals surface area contributed by atoms with E-state index in [0.29, 0.717) is 32.2 Å². The van der Waals surface area contributed by atoms with Gasteiger partial charge in [-0.15, -0.1) is 0 Å². The largest absolute Gasteiger partial charge is 0.389 e. The molecule has 0 spiro atoms. The molecule has 0 aliphatic rings. The number of carbonyl (C=O) groups is 1. The van der Waals surface area contributed by atoms with E-state index in [9.17, 15) is 9.90 Å². The Labute approximate surface area is 110 Å². The number of ether oxygens (including phenoxy) is 1. The quantitative estimate of drug-likeness (QED) is 0.474. The Morgan fingerprint density at radius 1 is 1.33 bits per heavy atom. The van der Waals surface area contributed by atoms with Gasteiger partial charge in [-0.05, 0) is 12.3 Å². The van der Waals surface area contributed by atoms with Crippen LogP contribution in [-0.4, -0.2) is 50.0 Å². The van der Waals surface area contributed by atoms with Crippen molar-refractivity contribution in [3.8, 4) is 0 Å². The molecule has 0 radical (unpaired) electrons. The zero-order valence-corrected chi connectivity index (χ0v) is 11.9. The summed E-state index contributed by atoms with van der Waals surface area (Å²) in [6.45, 7) is 8.49. The maximum absolute atomic E-state index is 11.3. The number of hydrogen-bond acceptors (Lipinski definition) is 4. The summed E-state index contributed by atoms with van der Waals surface area (Å²) in [6.07, 6.45) is 1.54. The average Bonchev–Trinajstić information content (AvgIpc) is 2.32. The van der Waals surface area contributed by atoms with Crippen molar-refractivity contribution in [3.63, 3.8) is 0 Å². The van der Waals surface area contributed by atoms with Gasteiger partial charge in [0.25, 0.3) is 0 Å². The lowest BCUT2D eigenvalue weighted by molar-refractivity contribution is -0.120. The van der Waals surface area contributed by atoms with Crippen LogP contribution in [0, 0.1) is 5.92 Å². The first kappa shape index (κ1) is 17.4. The molecule has 108 valence electrons. The lowest BCUT2D eigenvalue weighted by Crippen LogP contribution is -2.39. The van der Waals surface area contributed by atoms with Gasteiger partial charge in [0.05, 0.1) is 19.3 Å². The van der Waals surface area contributed by atoms with Crippen molar-refractivity contribution in [2.45, 2.75) is 39.7 Å². The van der Waals surface area contributed by atoms with Crippen LogP contribution in [0.2, 0.25) is 0 Å². The maximum Gasteiger partial charge on any atom is 0.233 e. The summed E-state index contributed by atoms with van der Waals surface area (Å²) < 4.78 is 5.28. The molecular weight excluding hydrogens is 232 g/mol. The van der Waals surface area contributed by atoms with E-state index in [-0.39, 0.29) is 12.5 Å². The highest BCUT2D eigenvalue weighted by Gasteiger charge is 2.06. The Morgan fingerprint density at radius 2 is 2.06 bits per heavy atom. The summed E-state index contributed by atoms with van der Waals surface area (Å²) in [5.41, 5.74) is 0. The first-order chi connectivity index (χ1) is 8.56. The number of hydrogen-bond donors (Lipinski definition) is 3. The van der Waals surface area contributed by atoms with E-state index >= 15 is 0 Å². The number of nitrogens with one attached hydrogen (secondary N) is 2. The highest BCUT2D eigenvalue weighted by atomic mass is 16.5. The zero-order valence-electron chi connectivity index (χ0n) is 11.9. The van der Waals surface area contributed by atoms with Gasteiger partial charge in [-0.25, -0.2) is 0 Å². The van der Waals surface area contributed by atoms with Crippen LogP contribution in [0.25, 0.3) is 0 Å². The topological polar surface area (TPSA) is 70.6 Å². The Kier molecular flexibility index (Phi) is 11.0. The molecule has 0 aromatic carbocycles. The summed E-state index contributed by atoms with van der Waals surface area (Å²) in [5.74, 6) is 0.411. The second-order valence-electron chi connectivity index (χ2n) is 4.91. The molecule has 0 aliphatic carbocycles. The van der Waals surface area contributed by atoms with Crippen LogP contribution in [0.3, 0.4) is 0 Å². The molecule has 0 aromatic heterocycles. The zero-order chi connectivity index (χ0) is 13.8. The monoisotopic (exact) mass is 260 g/mol. The summed E-state index contributed by atoms with van der Waals surface area (Å²) >= 11 is 0. The molecule has 1 unspecified atom stereocenters. The van der Waals surface area contributed by atoms with Crippen LogP contribution in [0.4, 0.5) is 0 Å². The first-order valence-corrected chi connectivity index (χ1v) is 6.79. The van der Waals surface area contributed by atoms with Crippen molar-refractivity contribution < 1.29 is 14.6 Å². The van der Waals surface area contributed by atoms with Gasteiger partial charge in [-0.2, -0.15) is 0 Å². The van der Waals surface area contributed by atoms with Gasteiger partial charge in [0.15, 0.2) is 0 Å². The molecule has 0 fully saturated rings. The Bertz CT molecular complexity index is 210. The molecule has 0 bridgehead atoms. The van der Waals surface area contributed by atoms with Crippen LogP contribution in [0.15, 0.2) is 0 Å². The van der Waals surface area contributed by atoms with E-state index in [0.717, 1.165) is 12.8 Å². The fourth-order valence-electron chi connectivity index (χ4n) is 1.26. The molecule has 0 rings (SSSR count). The Hall–Kier alpha value is -0.650. The highest BCUT2D eigenvalue weighted by molar-refractivity contribution is 5.77. The van der Waals surface area contributed by atoms with Crippen molar-refractivity contribution in [3.05, 3.63) is 0 Å². The van der Waals surface area contributed by atoms with Gasteiger partial charge >= 0.3 is 0 Å². The number of unbranched alkanes of at least 4 members (excludes halogenated alkanes) is 1. The van der Waals surface area contributed by atoms with Gasteiger partial charge < -0.3 is 20.5 Å². The Balaban J connectivity index is 3.38. The molecule has 3 N–H and O–H groups in total. The normalized spacial score (nSPS) is 12.7. The summed E-state index contributed by atoms with van der Waals surface area (Å²) in [7, 11) is 0. The van der Waals surface area contributed by atoms with Crippen molar-refractivity contribution in [2.24, 2.45) is 5.92 Å². The van der Waals surface area contributed by atoms with E-state index < -0.39 is 6.10 Å². The van der Waals surface area contributed by atoms with Gasteiger partial charge in [0, 0.05) is 19.7 Å². The standard InChI is InChI=1S/C13H28N2O3/c1-4-5-6-18-10-12(16)8-14-9-13(17)15-7-11(2)3/h11-12,14,16H,4-10H2,1-3H3,(H,15,17). The molecule has 1 atom stereocenters. The number of aliphatic hydroxyl groups excluding tert-OH is 1. The summed E-state index contributed by atoms with van der Waals surface area (Å²) in [4.78, 5) is 11.3. The van der Waals surface area contributed by atoms with Crippen molar-refractivity contribution in [1.29, 1.82) is 0 Å². The van der Waals surface area contributed by atoms with Gasteiger partial charge in [-0.3, -0.25) is 4.79 Å². The summed E-state index contributed by atoms with van der Waals surface area (Å²) in [6, 6.07) is 0. The minimum atomic E-state index is -0.556. The van der Waals surface area contributed by atoms with Gasteiger partial charge in [-0.1, -0.05) is 27.2 Å². The van der Waals surface area contributed by atoms with E-state index in [1.807, 2.05) is 13.8 Å². The van der Waals surface area contributed by atoms with Crippen molar-refractivity contribution in [2.75, 3.05) is 32.8 Å². The molecule has 0 heterocycles. The number of amides is 1. The van der Waals surface area contributed by atoms with Crippen LogP contribution < -0.4 is 10.6 Å². The smallest absolute Gasteiger partial charge is 0.233 e. The molecule has 0 aromatic rings. The molecule has 0 saturated heterocycles. The average molecular weight is 260 g/mol. The second kappa shape index (κ2) is 11.4. The number of carbonyl (C=O) groups excluding carboxylic acids is 1. The first-order valence-electron chi connectivity index (χ1n) is 6.79. The van der Waals surface area contributed by atoms with E-state index in [2.05, 4.69) is 17.6 Å². The molecule has 0 saturated carbocycles. The molecule has 0 aliphatic heterocycles. The third-order valence-corrected chi connectivity index (χ3v) is 2.33. The highest BCUT2D eigenvalue weighted by Crippen LogP contribution is 1.90. The molecular formula is C13H28N2O3. The molecule has 5 nitrogen and oxygen atoms in total. The fourth-order valence-corrected chi connectivity index (χ4v) is 1.26. The van der Waals surface area contributed by atoms with E-state index in [1.165, 1.54) is 0 Å². The van der Waals surface area contributed by atoms with Crippen LogP contribution >= 0.6 is 0 Å². The fraction of sp³-hybridized carbons (Fsp3) is 0.923. The SMILES string of the molecule is CCCCOCC(O)CNCC(=O)NCC(C)C. The predicted molar refractivity (Wildman–Crippen MR) is 72.5 cm³/mol. The van der Waals surface area contributed by atoms with E-state index in [4.69, 9.17) is 4.74 Å². The van der Waals surface area contributed by atoms with E-state index in [1.54, 1.807) is 0 Å². The van der Waals surface area contributed by atoms with Crippen molar-refractivity contribution in [1.82, 2.24) is 10.6 Å². The predicted octanol–water partition coefficient (Wildman–Crippen LogP) is 0.526. The Morgan fingerprint density at radius 3 is 2.67 bits per heavy atom. The number of aliphatic hydroxyl groups is 1. The molecule has 5 heteroatoms. The minimum Gasteiger partial charge on any atom is -0.389 e. The van der Waals surface area contributed by atoms with Crippen LogP contribution in [-0.2, 0) is 9.53 Å². The van der Waals surface area contributed by atoms with Crippen LogP contribution in [0.5, 0.6) is 0 Å². The van der Waals surface area contributed by atoms with Crippen molar-refractivity contribution >= 4 is 5.91 Å². The second-order valence-corrected chi connectivity index (χ2v) is 4.91. The third kappa shape index (κ3) is 11.8. The van der Waals surface area contributed by atoms with Gasteiger partial charge in [0.1, 0.15) is 0 Å². The lowest BCUT2D eigenvalue weighted by atomic mass is 10.2.